The molecule has 82 valence electrons. The summed E-state index contributed by atoms with van der Waals surface area (Å²) in [6.45, 7) is 1.78. The fourth-order valence-electron chi connectivity index (χ4n) is 1.47. The highest BCUT2D eigenvalue weighted by atomic mass is 16.1. The molecule has 0 saturated carbocycles. The second-order valence-electron chi connectivity index (χ2n) is 3.45. The minimum atomic E-state index is -0.300. The zero-order valence-electron chi connectivity index (χ0n) is 8.96. The normalized spacial score (nSPS) is 13.1. The number of nitrogens with zero attached hydrogens (tertiary/aromatic N) is 2. The lowest BCUT2D eigenvalue weighted by Gasteiger charge is -2.12. The SMILES string of the molecule is CC(CC(N=C=O)c1ccccc1)N=C=O. The van der Waals surface area contributed by atoms with Crippen molar-refractivity contribution in [1.82, 2.24) is 0 Å². The smallest absolute Gasteiger partial charge is 0.211 e. The quantitative estimate of drug-likeness (QED) is 0.559. The molecule has 1 aromatic carbocycles. The molecule has 0 amide bonds. The van der Waals surface area contributed by atoms with Crippen LogP contribution in [0.15, 0.2) is 40.3 Å². The first-order valence-corrected chi connectivity index (χ1v) is 4.97. The van der Waals surface area contributed by atoms with E-state index in [0.717, 1.165) is 5.56 Å². The molecule has 4 nitrogen and oxygen atoms in total. The van der Waals surface area contributed by atoms with Crippen LogP contribution in [0.2, 0.25) is 0 Å². The molecular weight excluding hydrogens is 204 g/mol. The summed E-state index contributed by atoms with van der Waals surface area (Å²) in [6.07, 6.45) is 3.54. The highest BCUT2D eigenvalue weighted by Crippen LogP contribution is 2.22. The third-order valence-electron chi connectivity index (χ3n) is 2.23. The van der Waals surface area contributed by atoms with Crippen molar-refractivity contribution in [2.75, 3.05) is 0 Å². The Morgan fingerprint density at radius 3 is 2.31 bits per heavy atom. The summed E-state index contributed by atoms with van der Waals surface area (Å²) in [6, 6.07) is 8.88. The van der Waals surface area contributed by atoms with E-state index >= 15 is 0 Å². The van der Waals surface area contributed by atoms with E-state index in [0.29, 0.717) is 6.42 Å². The molecule has 2 unspecified atom stereocenters. The number of hydrogen-bond donors (Lipinski definition) is 0. The van der Waals surface area contributed by atoms with E-state index in [1.807, 2.05) is 30.3 Å². The number of hydrogen-bond acceptors (Lipinski definition) is 4. The van der Waals surface area contributed by atoms with Crippen LogP contribution in [0.3, 0.4) is 0 Å². The topological polar surface area (TPSA) is 58.9 Å². The largest absolute Gasteiger partial charge is 0.235 e. The van der Waals surface area contributed by atoms with Crippen LogP contribution in [0.5, 0.6) is 0 Å². The fourth-order valence-corrected chi connectivity index (χ4v) is 1.47. The van der Waals surface area contributed by atoms with Gasteiger partial charge in [0.1, 0.15) is 0 Å². The Morgan fingerprint density at radius 1 is 1.12 bits per heavy atom. The average molecular weight is 216 g/mol. The zero-order valence-corrected chi connectivity index (χ0v) is 8.96. The second kappa shape index (κ2) is 6.46. The first kappa shape index (κ1) is 12.1. The predicted octanol–water partition coefficient (Wildman–Crippen LogP) is 2.18. The van der Waals surface area contributed by atoms with Gasteiger partial charge in [-0.15, -0.1) is 0 Å². The van der Waals surface area contributed by atoms with Gasteiger partial charge in [-0.25, -0.2) is 14.6 Å². The second-order valence-corrected chi connectivity index (χ2v) is 3.45. The summed E-state index contributed by atoms with van der Waals surface area (Å²) >= 11 is 0. The van der Waals surface area contributed by atoms with Gasteiger partial charge in [-0.3, -0.25) is 0 Å². The van der Waals surface area contributed by atoms with Crippen molar-refractivity contribution in [3.8, 4) is 0 Å². The van der Waals surface area contributed by atoms with Crippen LogP contribution >= 0.6 is 0 Å². The van der Waals surface area contributed by atoms with Crippen LogP contribution in [-0.4, -0.2) is 18.2 Å². The molecule has 0 fully saturated rings. The van der Waals surface area contributed by atoms with E-state index in [1.165, 1.54) is 6.08 Å². The Hall–Kier alpha value is -2.02. The maximum Gasteiger partial charge on any atom is 0.235 e. The van der Waals surface area contributed by atoms with Gasteiger partial charge < -0.3 is 0 Å². The van der Waals surface area contributed by atoms with Crippen LogP contribution in [0, 0.1) is 0 Å². The molecule has 0 N–H and O–H groups in total. The number of isocyanates is 2. The lowest BCUT2D eigenvalue weighted by molar-refractivity contribution is 0.530. The van der Waals surface area contributed by atoms with Crippen molar-refractivity contribution in [2.45, 2.75) is 25.4 Å². The minimum absolute atomic E-state index is 0.209. The number of rotatable bonds is 5. The van der Waals surface area contributed by atoms with Gasteiger partial charge in [-0.1, -0.05) is 30.3 Å². The lowest BCUT2D eigenvalue weighted by Crippen LogP contribution is -2.05. The average Bonchev–Trinajstić information content (AvgIpc) is 2.30. The summed E-state index contributed by atoms with van der Waals surface area (Å²) in [4.78, 5) is 27.7. The molecule has 4 heteroatoms. The third-order valence-corrected chi connectivity index (χ3v) is 2.23. The summed E-state index contributed by atoms with van der Waals surface area (Å²) in [5.74, 6) is 0. The van der Waals surface area contributed by atoms with Crippen molar-refractivity contribution < 1.29 is 9.59 Å². The molecule has 0 saturated heterocycles. The van der Waals surface area contributed by atoms with Gasteiger partial charge >= 0.3 is 0 Å². The minimum Gasteiger partial charge on any atom is -0.211 e. The summed E-state index contributed by atoms with van der Waals surface area (Å²) in [5.41, 5.74) is 0.916. The molecule has 0 spiro atoms. The molecule has 0 aliphatic heterocycles. The highest BCUT2D eigenvalue weighted by Gasteiger charge is 2.13. The van der Waals surface area contributed by atoms with Gasteiger partial charge in [0.15, 0.2) is 0 Å². The van der Waals surface area contributed by atoms with Crippen molar-refractivity contribution in [3.63, 3.8) is 0 Å². The van der Waals surface area contributed by atoms with Crippen LogP contribution < -0.4 is 0 Å². The van der Waals surface area contributed by atoms with Crippen molar-refractivity contribution in [2.24, 2.45) is 9.98 Å². The van der Waals surface area contributed by atoms with Gasteiger partial charge in [0.2, 0.25) is 12.2 Å². The van der Waals surface area contributed by atoms with Crippen molar-refractivity contribution >= 4 is 12.2 Å². The molecule has 16 heavy (non-hydrogen) atoms. The Morgan fingerprint density at radius 2 is 1.75 bits per heavy atom. The number of benzene rings is 1. The number of carbonyl (C=O) groups excluding carboxylic acids is 2. The van der Waals surface area contributed by atoms with Gasteiger partial charge in [-0.2, -0.15) is 4.99 Å². The lowest BCUT2D eigenvalue weighted by atomic mass is 10.0. The van der Waals surface area contributed by atoms with Gasteiger partial charge in [0.25, 0.3) is 0 Å². The molecule has 0 radical (unpaired) electrons. The molecular formula is C12H12N2O2. The fraction of sp³-hybridized carbons (Fsp3) is 0.333. The first-order valence-electron chi connectivity index (χ1n) is 4.97. The van der Waals surface area contributed by atoms with E-state index in [-0.39, 0.29) is 12.1 Å². The maximum absolute atomic E-state index is 10.3. The molecule has 0 bridgehead atoms. The van der Waals surface area contributed by atoms with Crippen LogP contribution in [0.25, 0.3) is 0 Å². The number of aliphatic imine (C=N–C) groups is 2. The van der Waals surface area contributed by atoms with Crippen LogP contribution in [0.1, 0.15) is 24.9 Å². The van der Waals surface area contributed by atoms with E-state index in [4.69, 9.17) is 0 Å². The first-order chi connectivity index (χ1) is 7.77. The molecule has 0 heterocycles. The van der Waals surface area contributed by atoms with Gasteiger partial charge in [0, 0.05) is 0 Å². The van der Waals surface area contributed by atoms with E-state index in [9.17, 15) is 9.59 Å². The van der Waals surface area contributed by atoms with Crippen molar-refractivity contribution in [3.05, 3.63) is 35.9 Å². The Kier molecular flexibility index (Phi) is 4.87. The Bertz CT molecular complexity index is 418. The summed E-state index contributed by atoms with van der Waals surface area (Å²) < 4.78 is 0. The molecule has 0 aliphatic rings. The third kappa shape index (κ3) is 3.62. The predicted molar refractivity (Wildman–Crippen MR) is 59.5 cm³/mol. The van der Waals surface area contributed by atoms with E-state index < -0.39 is 0 Å². The van der Waals surface area contributed by atoms with Crippen molar-refractivity contribution in [1.29, 1.82) is 0 Å². The molecule has 1 rings (SSSR count). The molecule has 0 aliphatic carbocycles. The summed E-state index contributed by atoms with van der Waals surface area (Å²) in [5, 5.41) is 0. The highest BCUT2D eigenvalue weighted by molar-refractivity contribution is 5.36. The van der Waals surface area contributed by atoms with E-state index in [1.54, 1.807) is 13.0 Å². The molecule has 0 aromatic heterocycles. The Labute approximate surface area is 93.7 Å². The monoisotopic (exact) mass is 216 g/mol. The standard InChI is InChI=1S/C12H12N2O2/c1-10(13-8-15)7-12(14-9-16)11-5-3-2-4-6-11/h2-6,10,12H,7H2,1H3. The van der Waals surface area contributed by atoms with E-state index in [2.05, 4.69) is 9.98 Å². The maximum atomic E-state index is 10.3. The van der Waals surface area contributed by atoms with Crippen LogP contribution in [-0.2, 0) is 9.59 Å². The van der Waals surface area contributed by atoms with Crippen LogP contribution in [0.4, 0.5) is 0 Å². The van der Waals surface area contributed by atoms with Gasteiger partial charge in [-0.05, 0) is 18.9 Å². The molecule has 2 atom stereocenters. The Balaban J connectivity index is 2.84. The summed E-state index contributed by atoms with van der Waals surface area (Å²) in [7, 11) is 0. The zero-order chi connectivity index (χ0) is 11.8. The van der Waals surface area contributed by atoms with Gasteiger partial charge in [0.05, 0.1) is 12.1 Å². The molecule has 1 aromatic rings.